The summed E-state index contributed by atoms with van der Waals surface area (Å²) in [5.74, 6) is 0.800. The quantitative estimate of drug-likeness (QED) is 0.500. The van der Waals surface area contributed by atoms with Gasteiger partial charge in [-0.05, 0) is 31.6 Å². The lowest BCUT2D eigenvalue weighted by molar-refractivity contribution is -0.154. The van der Waals surface area contributed by atoms with Gasteiger partial charge >= 0.3 is 5.97 Å². The van der Waals surface area contributed by atoms with Gasteiger partial charge in [0, 0.05) is 6.42 Å². The largest absolute Gasteiger partial charge is 0.462 e. The van der Waals surface area contributed by atoms with Gasteiger partial charge in [-0.15, -0.1) is 0 Å². The fourth-order valence-electron chi connectivity index (χ4n) is 1.91. The van der Waals surface area contributed by atoms with Crippen molar-refractivity contribution in [2.45, 2.75) is 64.9 Å². The third-order valence-corrected chi connectivity index (χ3v) is 2.76. The van der Waals surface area contributed by atoms with Gasteiger partial charge in [0.15, 0.2) is 0 Å². The van der Waals surface area contributed by atoms with Crippen molar-refractivity contribution in [3.05, 3.63) is 0 Å². The summed E-state index contributed by atoms with van der Waals surface area (Å²) < 4.78 is 5.25. The summed E-state index contributed by atoms with van der Waals surface area (Å²) in [5, 5.41) is 0. The molecular weight excluding hydrogens is 176 g/mol. The summed E-state index contributed by atoms with van der Waals surface area (Å²) in [6.07, 6.45) is 7.79. The van der Waals surface area contributed by atoms with Crippen molar-refractivity contribution in [3.63, 3.8) is 0 Å². The van der Waals surface area contributed by atoms with Gasteiger partial charge in [-0.2, -0.15) is 0 Å². The topological polar surface area (TPSA) is 26.3 Å². The van der Waals surface area contributed by atoms with E-state index in [9.17, 15) is 4.79 Å². The molecule has 14 heavy (non-hydrogen) atoms. The Kier molecular flexibility index (Phi) is 4.99. The molecule has 0 aromatic heterocycles. The van der Waals surface area contributed by atoms with Gasteiger partial charge in [0.2, 0.25) is 0 Å². The second-order valence-corrected chi connectivity index (χ2v) is 4.68. The van der Waals surface area contributed by atoms with Crippen molar-refractivity contribution in [3.8, 4) is 0 Å². The Hall–Kier alpha value is -0.530. The average Bonchev–Trinajstić information content (AvgIpc) is 2.12. The highest BCUT2D eigenvalue weighted by Crippen LogP contribution is 2.19. The molecule has 1 rings (SSSR count). The molecule has 1 unspecified atom stereocenters. The number of esters is 1. The number of ether oxygens (including phenoxy) is 1. The zero-order valence-corrected chi connectivity index (χ0v) is 9.42. The average molecular weight is 198 g/mol. The first-order valence-corrected chi connectivity index (χ1v) is 5.88. The highest BCUT2D eigenvalue weighted by molar-refractivity contribution is 5.70. The second-order valence-electron chi connectivity index (χ2n) is 4.68. The normalized spacial score (nSPS) is 22.5. The molecule has 1 atom stereocenters. The summed E-state index contributed by atoms with van der Waals surface area (Å²) >= 11 is 0. The molecule has 0 amide bonds. The highest BCUT2D eigenvalue weighted by atomic mass is 16.5. The first kappa shape index (κ1) is 11.5. The molecule has 1 aliphatic rings. The maximum absolute atomic E-state index is 11.0. The van der Waals surface area contributed by atoms with Crippen LogP contribution < -0.4 is 0 Å². The molecule has 1 aliphatic heterocycles. The van der Waals surface area contributed by atoms with Crippen LogP contribution in [0.3, 0.4) is 0 Å². The molecule has 0 radical (unpaired) electrons. The van der Waals surface area contributed by atoms with E-state index in [1.807, 2.05) is 0 Å². The van der Waals surface area contributed by atoms with Crippen molar-refractivity contribution in [1.82, 2.24) is 0 Å². The molecule has 1 saturated heterocycles. The molecule has 0 aromatic rings. The number of carbonyl (C=O) groups is 1. The smallest absolute Gasteiger partial charge is 0.306 e. The summed E-state index contributed by atoms with van der Waals surface area (Å²) in [5.41, 5.74) is 0. The Morgan fingerprint density at radius 3 is 2.86 bits per heavy atom. The number of unbranched alkanes of at least 4 members (excludes halogenated alkanes) is 1. The zero-order chi connectivity index (χ0) is 10.4. The predicted molar refractivity (Wildman–Crippen MR) is 57.0 cm³/mol. The maximum Gasteiger partial charge on any atom is 0.306 e. The van der Waals surface area contributed by atoms with Crippen LogP contribution in [0, 0.1) is 5.92 Å². The number of hydrogen-bond acceptors (Lipinski definition) is 2. The van der Waals surface area contributed by atoms with Crippen molar-refractivity contribution in [2.24, 2.45) is 5.92 Å². The lowest BCUT2D eigenvalue weighted by atomic mass is 10.00. The third-order valence-electron chi connectivity index (χ3n) is 2.76. The molecule has 2 nitrogen and oxygen atoms in total. The first-order valence-electron chi connectivity index (χ1n) is 5.88. The van der Waals surface area contributed by atoms with Crippen molar-refractivity contribution < 1.29 is 9.53 Å². The van der Waals surface area contributed by atoms with Crippen LogP contribution in [0.25, 0.3) is 0 Å². The molecule has 0 spiro atoms. The molecule has 1 heterocycles. The van der Waals surface area contributed by atoms with Crippen LogP contribution in [0.4, 0.5) is 0 Å². The fraction of sp³-hybridized carbons (Fsp3) is 0.917. The van der Waals surface area contributed by atoms with Gasteiger partial charge in [0.1, 0.15) is 6.10 Å². The van der Waals surface area contributed by atoms with Gasteiger partial charge in [0.05, 0.1) is 0 Å². The molecule has 1 fully saturated rings. The van der Waals surface area contributed by atoms with Crippen molar-refractivity contribution in [1.29, 1.82) is 0 Å². The van der Waals surface area contributed by atoms with E-state index in [0.29, 0.717) is 6.42 Å². The van der Waals surface area contributed by atoms with E-state index in [1.54, 1.807) is 0 Å². The van der Waals surface area contributed by atoms with E-state index in [1.165, 1.54) is 19.3 Å². The van der Waals surface area contributed by atoms with Gasteiger partial charge in [-0.25, -0.2) is 0 Å². The fourth-order valence-corrected chi connectivity index (χ4v) is 1.91. The molecule has 0 N–H and O–H groups in total. The van der Waals surface area contributed by atoms with Crippen molar-refractivity contribution in [2.75, 3.05) is 0 Å². The Morgan fingerprint density at radius 1 is 1.43 bits per heavy atom. The molecular formula is C12H22O2. The Balaban J connectivity index is 2.03. The van der Waals surface area contributed by atoms with Gasteiger partial charge < -0.3 is 4.74 Å². The van der Waals surface area contributed by atoms with Crippen LogP contribution >= 0.6 is 0 Å². The van der Waals surface area contributed by atoms with Crippen LogP contribution in [0.2, 0.25) is 0 Å². The van der Waals surface area contributed by atoms with E-state index in [4.69, 9.17) is 4.74 Å². The summed E-state index contributed by atoms with van der Waals surface area (Å²) in [7, 11) is 0. The van der Waals surface area contributed by atoms with Crippen LogP contribution in [0.1, 0.15) is 58.8 Å². The van der Waals surface area contributed by atoms with Crippen LogP contribution in [-0.4, -0.2) is 12.1 Å². The predicted octanol–water partition coefficient (Wildman–Crippen LogP) is 3.30. The Morgan fingerprint density at radius 2 is 2.21 bits per heavy atom. The van der Waals surface area contributed by atoms with E-state index in [0.717, 1.165) is 25.2 Å². The second kappa shape index (κ2) is 6.05. The summed E-state index contributed by atoms with van der Waals surface area (Å²) in [6.45, 7) is 4.50. The van der Waals surface area contributed by atoms with Gasteiger partial charge in [0.25, 0.3) is 0 Å². The minimum atomic E-state index is 0.00473. The zero-order valence-electron chi connectivity index (χ0n) is 9.42. The summed E-state index contributed by atoms with van der Waals surface area (Å²) in [4.78, 5) is 11.0. The van der Waals surface area contributed by atoms with Crippen molar-refractivity contribution >= 4 is 5.97 Å². The number of cyclic esters (lactones) is 1. The molecule has 0 saturated carbocycles. The maximum atomic E-state index is 11.0. The van der Waals surface area contributed by atoms with Crippen LogP contribution in [0.15, 0.2) is 0 Å². The molecule has 0 aromatic carbocycles. The van der Waals surface area contributed by atoms with Gasteiger partial charge in [-0.1, -0.05) is 26.7 Å². The number of carbonyl (C=O) groups excluding carboxylic acids is 1. The van der Waals surface area contributed by atoms with Gasteiger partial charge in [-0.3, -0.25) is 4.79 Å². The molecule has 2 heteroatoms. The van der Waals surface area contributed by atoms with Crippen LogP contribution in [0.5, 0.6) is 0 Å². The minimum Gasteiger partial charge on any atom is -0.462 e. The monoisotopic (exact) mass is 198 g/mol. The Labute approximate surface area is 87.0 Å². The highest BCUT2D eigenvalue weighted by Gasteiger charge is 2.19. The standard InChI is InChI=1S/C12H22O2/c1-10(2)6-3-4-7-11-8-5-9-12(13)14-11/h10-11H,3-9H2,1-2H3. The van der Waals surface area contributed by atoms with E-state index in [2.05, 4.69) is 13.8 Å². The SMILES string of the molecule is CC(C)CCCCC1CCCC(=O)O1. The third kappa shape index (κ3) is 4.64. The molecule has 82 valence electrons. The summed E-state index contributed by atoms with van der Waals surface area (Å²) in [6, 6.07) is 0. The number of rotatable bonds is 5. The molecule has 0 aliphatic carbocycles. The lowest BCUT2D eigenvalue weighted by Crippen LogP contribution is -2.23. The first-order chi connectivity index (χ1) is 6.68. The molecule has 0 bridgehead atoms. The minimum absolute atomic E-state index is 0.00473. The van der Waals surface area contributed by atoms with E-state index < -0.39 is 0 Å². The van der Waals surface area contributed by atoms with E-state index >= 15 is 0 Å². The lowest BCUT2D eigenvalue weighted by Gasteiger charge is -2.22. The van der Waals surface area contributed by atoms with E-state index in [-0.39, 0.29) is 12.1 Å². The van der Waals surface area contributed by atoms with Crippen LogP contribution in [-0.2, 0) is 9.53 Å². The Bertz CT molecular complexity index is 175. The number of hydrogen-bond donors (Lipinski definition) is 0.